The van der Waals surface area contributed by atoms with E-state index in [-0.39, 0.29) is 23.6 Å². The zero-order valence-corrected chi connectivity index (χ0v) is 16.3. The Morgan fingerprint density at radius 2 is 1.89 bits per heavy atom. The molecule has 0 aromatic heterocycles. The molecule has 1 aromatic carbocycles. The van der Waals surface area contributed by atoms with E-state index in [0.717, 1.165) is 23.7 Å². The van der Waals surface area contributed by atoms with Gasteiger partial charge in [-0.05, 0) is 35.7 Å². The Hall–Kier alpha value is -2.08. The number of hydrogen-bond acceptors (Lipinski definition) is 4. The van der Waals surface area contributed by atoms with E-state index in [1.165, 1.54) is 37.0 Å². The first-order valence-corrected chi connectivity index (χ1v) is 10.5. The standard InChI is InChI=1S/C21H26N2O3S/c24-19(12-11-16-7-3-1-4-8-16)22-13-14-23-20(25)18(27-21(23)26)15-17-9-5-2-6-10-17/h2,5-6,9-10,15-16H,1,3-4,7-8,11-14H2,(H,22,24)/b18-15+. The number of benzene rings is 1. The maximum absolute atomic E-state index is 12.4. The Balaban J connectivity index is 1.42. The van der Waals surface area contributed by atoms with Crippen LogP contribution in [0.1, 0.15) is 50.5 Å². The highest BCUT2D eigenvalue weighted by molar-refractivity contribution is 8.18. The SMILES string of the molecule is O=C(CCC1CCCCC1)NCCN1C(=O)S/C(=C/c2ccccc2)C1=O. The van der Waals surface area contributed by atoms with Crippen molar-refractivity contribution in [3.63, 3.8) is 0 Å². The van der Waals surface area contributed by atoms with E-state index in [9.17, 15) is 14.4 Å². The molecule has 2 fully saturated rings. The summed E-state index contributed by atoms with van der Waals surface area (Å²) in [6.45, 7) is 0.520. The lowest BCUT2D eigenvalue weighted by Crippen LogP contribution is -2.37. The van der Waals surface area contributed by atoms with Gasteiger partial charge in [-0.25, -0.2) is 0 Å². The monoisotopic (exact) mass is 386 g/mol. The van der Waals surface area contributed by atoms with Crippen LogP contribution >= 0.6 is 11.8 Å². The van der Waals surface area contributed by atoms with Gasteiger partial charge in [0.25, 0.3) is 11.1 Å². The van der Waals surface area contributed by atoms with Crippen molar-refractivity contribution >= 4 is 34.9 Å². The van der Waals surface area contributed by atoms with Gasteiger partial charge in [0, 0.05) is 19.5 Å². The molecule has 0 atom stereocenters. The van der Waals surface area contributed by atoms with Crippen LogP contribution in [0.4, 0.5) is 4.79 Å². The van der Waals surface area contributed by atoms with Gasteiger partial charge >= 0.3 is 0 Å². The molecule has 1 aromatic rings. The van der Waals surface area contributed by atoms with Crippen LogP contribution in [-0.2, 0) is 9.59 Å². The van der Waals surface area contributed by atoms with Gasteiger partial charge in [0.05, 0.1) is 4.91 Å². The fourth-order valence-electron chi connectivity index (χ4n) is 3.60. The van der Waals surface area contributed by atoms with E-state index in [0.29, 0.717) is 23.8 Å². The second kappa shape index (κ2) is 9.74. The van der Waals surface area contributed by atoms with Gasteiger partial charge in [0.2, 0.25) is 5.91 Å². The lowest BCUT2D eigenvalue weighted by Gasteiger charge is -2.21. The minimum absolute atomic E-state index is 0.00683. The Bertz CT molecular complexity index is 711. The number of hydrogen-bond donors (Lipinski definition) is 1. The summed E-state index contributed by atoms with van der Waals surface area (Å²) in [5, 5.41) is 2.56. The molecule has 27 heavy (non-hydrogen) atoms. The predicted octanol–water partition coefficient (Wildman–Crippen LogP) is 4.20. The molecule has 1 heterocycles. The molecule has 2 aliphatic rings. The van der Waals surface area contributed by atoms with Crippen molar-refractivity contribution < 1.29 is 14.4 Å². The largest absolute Gasteiger partial charge is 0.354 e. The molecule has 1 saturated carbocycles. The summed E-state index contributed by atoms with van der Waals surface area (Å²) in [6, 6.07) is 9.46. The molecular weight excluding hydrogens is 360 g/mol. The molecule has 144 valence electrons. The van der Waals surface area contributed by atoms with Crippen LogP contribution < -0.4 is 5.32 Å². The maximum atomic E-state index is 12.4. The molecule has 0 unspecified atom stereocenters. The Morgan fingerprint density at radius 3 is 2.63 bits per heavy atom. The lowest BCUT2D eigenvalue weighted by atomic mass is 9.86. The topological polar surface area (TPSA) is 66.5 Å². The summed E-state index contributed by atoms with van der Waals surface area (Å²) < 4.78 is 0. The van der Waals surface area contributed by atoms with E-state index in [4.69, 9.17) is 0 Å². The van der Waals surface area contributed by atoms with Crippen molar-refractivity contribution in [2.24, 2.45) is 5.92 Å². The highest BCUT2D eigenvalue weighted by Gasteiger charge is 2.34. The Morgan fingerprint density at radius 1 is 1.15 bits per heavy atom. The molecule has 6 heteroatoms. The van der Waals surface area contributed by atoms with Gasteiger partial charge in [-0.15, -0.1) is 0 Å². The van der Waals surface area contributed by atoms with Gasteiger partial charge < -0.3 is 5.32 Å². The molecule has 0 radical (unpaired) electrons. The van der Waals surface area contributed by atoms with Crippen molar-refractivity contribution in [3.05, 3.63) is 40.8 Å². The van der Waals surface area contributed by atoms with E-state index in [1.54, 1.807) is 6.08 Å². The zero-order valence-electron chi connectivity index (χ0n) is 15.5. The minimum atomic E-state index is -0.287. The van der Waals surface area contributed by atoms with Crippen molar-refractivity contribution in [2.75, 3.05) is 13.1 Å². The molecule has 1 aliphatic carbocycles. The predicted molar refractivity (Wildman–Crippen MR) is 108 cm³/mol. The molecule has 0 bridgehead atoms. The smallest absolute Gasteiger partial charge is 0.293 e. The van der Waals surface area contributed by atoms with Gasteiger partial charge in [-0.3, -0.25) is 19.3 Å². The van der Waals surface area contributed by atoms with Gasteiger partial charge in [-0.2, -0.15) is 0 Å². The first-order chi connectivity index (χ1) is 13.1. The molecule has 3 amide bonds. The fourth-order valence-corrected chi connectivity index (χ4v) is 4.46. The molecule has 1 saturated heterocycles. The van der Waals surface area contributed by atoms with E-state index < -0.39 is 0 Å². The highest BCUT2D eigenvalue weighted by atomic mass is 32.2. The van der Waals surface area contributed by atoms with Crippen LogP contribution in [0.2, 0.25) is 0 Å². The third-order valence-corrected chi connectivity index (χ3v) is 6.04. The van der Waals surface area contributed by atoms with Gasteiger partial charge in [0.1, 0.15) is 0 Å². The van der Waals surface area contributed by atoms with Crippen molar-refractivity contribution in [1.82, 2.24) is 10.2 Å². The van der Waals surface area contributed by atoms with Crippen molar-refractivity contribution in [2.45, 2.75) is 44.9 Å². The number of thioether (sulfide) groups is 1. The van der Waals surface area contributed by atoms with Crippen LogP contribution in [0, 0.1) is 5.92 Å². The normalized spacial score (nSPS) is 19.7. The van der Waals surface area contributed by atoms with Crippen LogP contribution in [0.3, 0.4) is 0 Å². The fraction of sp³-hybridized carbons (Fsp3) is 0.476. The van der Waals surface area contributed by atoms with Gasteiger partial charge in [0.15, 0.2) is 0 Å². The van der Waals surface area contributed by atoms with Gasteiger partial charge in [-0.1, -0.05) is 62.4 Å². The van der Waals surface area contributed by atoms with Crippen LogP contribution in [0.15, 0.2) is 35.2 Å². The van der Waals surface area contributed by atoms with E-state index >= 15 is 0 Å². The van der Waals surface area contributed by atoms with E-state index in [1.807, 2.05) is 30.3 Å². The second-order valence-corrected chi connectivity index (χ2v) is 8.13. The summed E-state index contributed by atoms with van der Waals surface area (Å²) in [5.74, 6) is 0.394. The summed E-state index contributed by atoms with van der Waals surface area (Å²) in [6.07, 6.45) is 9.54. The van der Waals surface area contributed by atoms with E-state index in [2.05, 4.69) is 5.32 Å². The number of carbonyl (C=O) groups excluding carboxylic acids is 3. The Labute approximate surface area is 164 Å². The summed E-state index contributed by atoms with van der Waals surface area (Å²) >= 11 is 0.950. The second-order valence-electron chi connectivity index (χ2n) is 7.14. The number of nitrogens with one attached hydrogen (secondary N) is 1. The highest BCUT2D eigenvalue weighted by Crippen LogP contribution is 2.32. The summed E-state index contributed by atoms with van der Waals surface area (Å²) in [5.41, 5.74) is 0.888. The van der Waals surface area contributed by atoms with Crippen LogP contribution in [0.25, 0.3) is 6.08 Å². The summed E-state index contributed by atoms with van der Waals surface area (Å²) in [7, 11) is 0. The molecule has 3 rings (SSSR count). The molecule has 5 nitrogen and oxygen atoms in total. The zero-order chi connectivity index (χ0) is 19.1. The third kappa shape index (κ3) is 5.70. The van der Waals surface area contributed by atoms with Crippen molar-refractivity contribution in [3.8, 4) is 0 Å². The van der Waals surface area contributed by atoms with Crippen molar-refractivity contribution in [1.29, 1.82) is 0 Å². The molecule has 0 spiro atoms. The number of nitrogens with zero attached hydrogens (tertiary/aromatic N) is 1. The lowest BCUT2D eigenvalue weighted by molar-refractivity contribution is -0.124. The van der Waals surface area contributed by atoms with Crippen LogP contribution in [0.5, 0.6) is 0 Å². The maximum Gasteiger partial charge on any atom is 0.293 e. The summed E-state index contributed by atoms with van der Waals surface area (Å²) in [4.78, 5) is 38.2. The number of rotatable bonds is 7. The minimum Gasteiger partial charge on any atom is -0.354 e. The first-order valence-electron chi connectivity index (χ1n) is 9.70. The Kier molecular flexibility index (Phi) is 7.10. The number of amides is 3. The molecule has 1 N–H and O–H groups in total. The average molecular weight is 387 g/mol. The molecule has 1 aliphatic heterocycles. The quantitative estimate of drug-likeness (QED) is 0.713. The third-order valence-electron chi connectivity index (χ3n) is 5.13. The first kappa shape index (κ1) is 19.7. The molecular formula is C21H26N2O3S. The van der Waals surface area contributed by atoms with Crippen LogP contribution in [-0.4, -0.2) is 35.0 Å². The number of carbonyl (C=O) groups is 3. The average Bonchev–Trinajstić information content (AvgIpc) is 2.95. The number of imide groups is 1.